The van der Waals surface area contributed by atoms with Crippen LogP contribution in [0.1, 0.15) is 32.3 Å². The molecular weight excluding hydrogens is 488 g/mol. The third kappa shape index (κ3) is 4.70. The number of rotatable bonds is 7. The quantitative estimate of drug-likeness (QED) is 0.283. The molecule has 0 bridgehead atoms. The van der Waals surface area contributed by atoms with Crippen molar-refractivity contribution in [2.75, 3.05) is 18.0 Å². The van der Waals surface area contributed by atoms with Gasteiger partial charge >= 0.3 is 11.7 Å². The van der Waals surface area contributed by atoms with Crippen molar-refractivity contribution in [3.8, 4) is 0 Å². The summed E-state index contributed by atoms with van der Waals surface area (Å²) in [6.45, 7) is 8.35. The molecule has 38 heavy (non-hydrogen) atoms. The SMILES string of the molecule is C=C(C)OC(=O)Cn1c(=O)n(Cc2ccc3nccnc3c2)c(=O)c2c1nc(N1CCCC(N)C1)n2CC. The lowest BCUT2D eigenvalue weighted by Crippen LogP contribution is -2.44. The summed E-state index contributed by atoms with van der Waals surface area (Å²) in [6, 6.07) is 5.35. The lowest BCUT2D eigenvalue weighted by Gasteiger charge is -2.31. The molecule has 1 aliphatic rings. The van der Waals surface area contributed by atoms with Gasteiger partial charge in [-0.1, -0.05) is 12.6 Å². The molecule has 0 saturated carbocycles. The number of aromatic nitrogens is 6. The number of nitrogens with two attached hydrogens (primary N) is 1. The summed E-state index contributed by atoms with van der Waals surface area (Å²) >= 11 is 0. The Morgan fingerprint density at radius 1 is 1.16 bits per heavy atom. The molecule has 4 aromatic rings. The third-order valence-corrected chi connectivity index (χ3v) is 6.60. The Morgan fingerprint density at radius 3 is 2.63 bits per heavy atom. The van der Waals surface area contributed by atoms with Crippen LogP contribution in [0.3, 0.4) is 0 Å². The van der Waals surface area contributed by atoms with E-state index in [1.165, 1.54) is 4.57 Å². The van der Waals surface area contributed by atoms with E-state index in [1.807, 2.05) is 11.8 Å². The van der Waals surface area contributed by atoms with Crippen LogP contribution in [0.25, 0.3) is 22.2 Å². The number of ether oxygens (including phenoxy) is 1. The maximum absolute atomic E-state index is 13.9. The molecule has 2 N–H and O–H groups in total. The van der Waals surface area contributed by atoms with E-state index in [2.05, 4.69) is 16.5 Å². The summed E-state index contributed by atoms with van der Waals surface area (Å²) in [7, 11) is 0. The highest BCUT2D eigenvalue weighted by molar-refractivity contribution is 5.78. The van der Waals surface area contributed by atoms with Crippen molar-refractivity contribution in [1.29, 1.82) is 0 Å². The molecule has 0 spiro atoms. The summed E-state index contributed by atoms with van der Waals surface area (Å²) in [5, 5.41) is 0. The highest BCUT2D eigenvalue weighted by Gasteiger charge is 2.27. The molecule has 1 aromatic carbocycles. The molecular formula is C26H30N8O4. The fraction of sp³-hybridized carbons (Fsp3) is 0.385. The Bertz CT molecular complexity index is 1670. The number of aryl methyl sites for hydroxylation is 1. The van der Waals surface area contributed by atoms with E-state index in [0.29, 0.717) is 35.6 Å². The van der Waals surface area contributed by atoms with E-state index >= 15 is 0 Å². The summed E-state index contributed by atoms with van der Waals surface area (Å²) in [5.74, 6) is 0.0709. The topological polar surface area (TPSA) is 143 Å². The van der Waals surface area contributed by atoms with Crippen molar-refractivity contribution < 1.29 is 9.53 Å². The zero-order valence-electron chi connectivity index (χ0n) is 21.5. The monoisotopic (exact) mass is 518 g/mol. The average molecular weight is 519 g/mol. The number of hydrogen-bond donors (Lipinski definition) is 1. The van der Waals surface area contributed by atoms with Crippen LogP contribution in [0.5, 0.6) is 0 Å². The molecule has 3 aromatic heterocycles. The minimum absolute atomic E-state index is 0.0192. The molecule has 1 aliphatic heterocycles. The lowest BCUT2D eigenvalue weighted by atomic mass is 10.1. The Labute approximate surface area is 218 Å². The molecule has 12 heteroatoms. The number of allylic oxidation sites excluding steroid dienone is 1. The van der Waals surface area contributed by atoms with Crippen LogP contribution < -0.4 is 21.9 Å². The van der Waals surface area contributed by atoms with Gasteiger partial charge in [-0.3, -0.25) is 23.9 Å². The lowest BCUT2D eigenvalue weighted by molar-refractivity contribution is -0.140. The van der Waals surface area contributed by atoms with Crippen LogP contribution in [-0.4, -0.2) is 53.8 Å². The summed E-state index contributed by atoms with van der Waals surface area (Å²) in [5.41, 5.74) is 7.47. The third-order valence-electron chi connectivity index (χ3n) is 6.60. The molecule has 12 nitrogen and oxygen atoms in total. The first-order chi connectivity index (χ1) is 18.3. The van der Waals surface area contributed by atoms with Crippen molar-refractivity contribution in [2.24, 2.45) is 5.73 Å². The minimum atomic E-state index is -0.681. The number of benzene rings is 1. The number of carbonyl (C=O) groups is 1. The predicted octanol–water partition coefficient (Wildman–Crippen LogP) is 1.38. The first kappa shape index (κ1) is 25.3. The highest BCUT2D eigenvalue weighted by atomic mass is 16.5. The van der Waals surface area contributed by atoms with Crippen molar-refractivity contribution in [1.82, 2.24) is 28.7 Å². The van der Waals surface area contributed by atoms with Gasteiger partial charge in [0.15, 0.2) is 11.2 Å². The van der Waals surface area contributed by atoms with Gasteiger partial charge in [-0.15, -0.1) is 0 Å². The molecule has 5 rings (SSSR count). The van der Waals surface area contributed by atoms with E-state index in [4.69, 9.17) is 15.5 Å². The maximum atomic E-state index is 13.9. The molecule has 1 unspecified atom stereocenters. The summed E-state index contributed by atoms with van der Waals surface area (Å²) in [4.78, 5) is 55.5. The molecule has 4 heterocycles. The van der Waals surface area contributed by atoms with Crippen LogP contribution in [0, 0.1) is 0 Å². The second kappa shape index (κ2) is 10.2. The van der Waals surface area contributed by atoms with E-state index in [1.54, 1.807) is 42.1 Å². The fourth-order valence-electron chi connectivity index (χ4n) is 4.94. The number of piperidine rings is 1. The van der Waals surface area contributed by atoms with Crippen molar-refractivity contribution >= 4 is 34.1 Å². The molecule has 1 fully saturated rings. The Hall–Kier alpha value is -4.32. The zero-order chi connectivity index (χ0) is 27.0. The van der Waals surface area contributed by atoms with Crippen LogP contribution in [0.15, 0.2) is 52.5 Å². The molecule has 1 atom stereocenters. The summed E-state index contributed by atoms with van der Waals surface area (Å²) in [6.07, 6.45) is 4.98. The normalized spacial score (nSPS) is 15.8. The number of anilines is 1. The van der Waals surface area contributed by atoms with Crippen LogP contribution in [0.2, 0.25) is 0 Å². The van der Waals surface area contributed by atoms with Gasteiger partial charge in [0.2, 0.25) is 5.95 Å². The van der Waals surface area contributed by atoms with Gasteiger partial charge in [-0.25, -0.2) is 9.59 Å². The first-order valence-electron chi connectivity index (χ1n) is 12.6. The number of carbonyl (C=O) groups excluding carboxylic acids is 1. The second-order valence-electron chi connectivity index (χ2n) is 9.49. The van der Waals surface area contributed by atoms with Crippen LogP contribution in [-0.2, 0) is 29.2 Å². The van der Waals surface area contributed by atoms with Crippen molar-refractivity contribution in [2.45, 2.75) is 52.4 Å². The van der Waals surface area contributed by atoms with Crippen molar-refractivity contribution in [3.05, 3.63) is 69.3 Å². The Balaban J connectivity index is 1.70. The first-order valence-corrected chi connectivity index (χ1v) is 12.6. The largest absolute Gasteiger partial charge is 0.431 e. The van der Waals surface area contributed by atoms with Gasteiger partial charge in [0.1, 0.15) is 6.54 Å². The molecule has 0 amide bonds. The van der Waals surface area contributed by atoms with Gasteiger partial charge in [0.05, 0.1) is 23.3 Å². The van der Waals surface area contributed by atoms with Crippen LogP contribution in [0.4, 0.5) is 5.95 Å². The standard InChI is InChI=1S/C26H30N8O4/c1-4-32-22-23(30-25(32)31-11-5-6-18(27)14-31)33(15-21(35)38-16(2)3)26(37)34(24(22)36)13-17-7-8-19-20(12-17)29-10-9-28-19/h7-10,12,18H,2,4-6,11,13-15,27H2,1,3H3. The Kier molecular flexibility index (Phi) is 6.81. The number of hydrogen-bond acceptors (Lipinski definition) is 9. The van der Waals surface area contributed by atoms with Gasteiger partial charge in [0, 0.05) is 38.1 Å². The molecule has 0 aliphatic carbocycles. The fourth-order valence-corrected chi connectivity index (χ4v) is 4.94. The number of fused-ring (bicyclic) bond motifs is 2. The summed E-state index contributed by atoms with van der Waals surface area (Å²) < 4.78 is 9.24. The number of nitrogens with zero attached hydrogens (tertiary/aromatic N) is 7. The van der Waals surface area contributed by atoms with E-state index in [0.717, 1.165) is 24.0 Å². The van der Waals surface area contributed by atoms with Crippen molar-refractivity contribution in [3.63, 3.8) is 0 Å². The van der Waals surface area contributed by atoms with E-state index in [-0.39, 0.29) is 29.5 Å². The average Bonchev–Trinajstić information content (AvgIpc) is 3.28. The van der Waals surface area contributed by atoms with Gasteiger partial charge in [0.25, 0.3) is 5.56 Å². The molecule has 198 valence electrons. The second-order valence-corrected chi connectivity index (χ2v) is 9.49. The van der Waals surface area contributed by atoms with E-state index in [9.17, 15) is 14.4 Å². The zero-order valence-corrected chi connectivity index (χ0v) is 21.5. The molecule has 1 saturated heterocycles. The van der Waals surface area contributed by atoms with Crippen LogP contribution >= 0.6 is 0 Å². The van der Waals surface area contributed by atoms with Gasteiger partial charge in [-0.2, -0.15) is 4.98 Å². The smallest absolute Gasteiger partial charge is 0.333 e. The number of imidazole rings is 1. The maximum Gasteiger partial charge on any atom is 0.333 e. The number of esters is 1. The van der Waals surface area contributed by atoms with Gasteiger partial charge < -0.3 is 19.9 Å². The highest BCUT2D eigenvalue weighted by Crippen LogP contribution is 2.23. The molecule has 0 radical (unpaired) electrons. The minimum Gasteiger partial charge on any atom is -0.431 e. The van der Waals surface area contributed by atoms with Gasteiger partial charge in [-0.05, 0) is 44.4 Å². The Morgan fingerprint density at radius 2 is 1.92 bits per heavy atom. The van der Waals surface area contributed by atoms with E-state index < -0.39 is 23.8 Å². The predicted molar refractivity (Wildman–Crippen MR) is 143 cm³/mol.